The van der Waals surface area contributed by atoms with Gasteiger partial charge in [0.1, 0.15) is 0 Å². The van der Waals surface area contributed by atoms with Crippen LogP contribution in [0.15, 0.2) is 11.4 Å². The van der Waals surface area contributed by atoms with E-state index in [0.717, 1.165) is 19.4 Å². The molecule has 0 radical (unpaired) electrons. The number of amides is 1. The van der Waals surface area contributed by atoms with E-state index in [1.165, 1.54) is 10.4 Å². The second-order valence-corrected chi connectivity index (χ2v) is 6.34. The summed E-state index contributed by atoms with van der Waals surface area (Å²) >= 11 is 1.81. The zero-order valence-electron chi connectivity index (χ0n) is 12.1. The summed E-state index contributed by atoms with van der Waals surface area (Å²) in [5.74, 6) is 0.126. The van der Waals surface area contributed by atoms with Crippen LogP contribution in [0, 0.1) is 0 Å². The van der Waals surface area contributed by atoms with E-state index in [9.17, 15) is 4.79 Å². The molecule has 1 aromatic heterocycles. The molecule has 0 saturated heterocycles. The first-order chi connectivity index (χ1) is 9.07. The van der Waals surface area contributed by atoms with E-state index >= 15 is 0 Å². The minimum atomic E-state index is -0.694. The summed E-state index contributed by atoms with van der Waals surface area (Å²) < 4.78 is 0. The van der Waals surface area contributed by atoms with Crippen LogP contribution in [0.25, 0.3) is 0 Å². The van der Waals surface area contributed by atoms with E-state index in [0.29, 0.717) is 12.8 Å². The molecule has 1 atom stereocenters. The Morgan fingerprint density at radius 3 is 2.74 bits per heavy atom. The fourth-order valence-electron chi connectivity index (χ4n) is 2.92. The van der Waals surface area contributed by atoms with Gasteiger partial charge in [-0.1, -0.05) is 20.8 Å². The Bertz CT molecular complexity index is 451. The molecule has 2 heterocycles. The predicted octanol–water partition coefficient (Wildman–Crippen LogP) is 3.10. The fourth-order valence-corrected chi connectivity index (χ4v) is 3.85. The third kappa shape index (κ3) is 2.43. The van der Waals surface area contributed by atoms with Gasteiger partial charge in [-0.2, -0.15) is 0 Å². The average molecular weight is 280 g/mol. The lowest BCUT2D eigenvalue weighted by atomic mass is 9.89. The number of nitrogens with zero attached hydrogens (tertiary/aromatic N) is 1. The van der Waals surface area contributed by atoms with Gasteiger partial charge in [-0.25, -0.2) is 0 Å². The lowest BCUT2D eigenvalue weighted by Crippen LogP contribution is -2.56. The van der Waals surface area contributed by atoms with Crippen LogP contribution in [0.1, 0.15) is 56.5 Å². The van der Waals surface area contributed by atoms with Gasteiger partial charge in [-0.05, 0) is 42.7 Å². The van der Waals surface area contributed by atoms with Gasteiger partial charge >= 0.3 is 0 Å². The molecule has 1 aliphatic rings. The van der Waals surface area contributed by atoms with Crippen LogP contribution in [0.2, 0.25) is 0 Å². The van der Waals surface area contributed by atoms with Gasteiger partial charge in [0, 0.05) is 11.4 Å². The third-order valence-corrected chi connectivity index (χ3v) is 5.43. The molecular weight excluding hydrogens is 256 g/mol. The van der Waals surface area contributed by atoms with Crippen LogP contribution in [0.5, 0.6) is 0 Å². The van der Waals surface area contributed by atoms with Gasteiger partial charge < -0.3 is 10.6 Å². The summed E-state index contributed by atoms with van der Waals surface area (Å²) in [6, 6.07) is 2.38. The number of rotatable bonds is 4. The van der Waals surface area contributed by atoms with Crippen molar-refractivity contribution in [3.8, 4) is 0 Å². The molecule has 1 aliphatic heterocycles. The minimum Gasteiger partial charge on any atom is -0.334 e. The van der Waals surface area contributed by atoms with Crippen molar-refractivity contribution in [3.63, 3.8) is 0 Å². The Balaban J connectivity index is 2.29. The summed E-state index contributed by atoms with van der Waals surface area (Å²) in [6.07, 6.45) is 3.33. The molecule has 0 aliphatic carbocycles. The normalized spacial score (nSPS) is 19.4. The molecule has 0 fully saturated rings. The van der Waals surface area contributed by atoms with E-state index in [1.54, 1.807) is 0 Å². The Morgan fingerprint density at radius 2 is 2.16 bits per heavy atom. The standard InChI is InChI=1S/C15H24N2OS/c1-4-12-11-8-10-19-13(11)7-9-17(12)14(18)15(16,5-2)6-3/h8,10,12H,4-7,9,16H2,1-3H3. The zero-order valence-corrected chi connectivity index (χ0v) is 12.9. The second-order valence-electron chi connectivity index (χ2n) is 5.33. The molecule has 1 unspecified atom stereocenters. The van der Waals surface area contributed by atoms with Crippen molar-refractivity contribution in [2.75, 3.05) is 6.54 Å². The number of nitrogens with two attached hydrogens (primary N) is 1. The van der Waals surface area contributed by atoms with Gasteiger partial charge in [-0.15, -0.1) is 11.3 Å². The molecule has 1 aromatic rings. The first kappa shape index (κ1) is 14.5. The number of carbonyl (C=O) groups is 1. The van der Waals surface area contributed by atoms with Crippen LogP contribution in [0.4, 0.5) is 0 Å². The predicted molar refractivity (Wildman–Crippen MR) is 80.3 cm³/mol. The number of hydrogen-bond donors (Lipinski definition) is 1. The lowest BCUT2D eigenvalue weighted by Gasteiger charge is -2.40. The summed E-state index contributed by atoms with van der Waals surface area (Å²) in [5.41, 5.74) is 6.94. The molecule has 2 rings (SSSR count). The molecule has 0 saturated carbocycles. The monoisotopic (exact) mass is 280 g/mol. The van der Waals surface area contributed by atoms with E-state index in [-0.39, 0.29) is 11.9 Å². The van der Waals surface area contributed by atoms with Gasteiger partial charge in [-0.3, -0.25) is 4.79 Å². The Kier molecular flexibility index (Phi) is 4.31. The van der Waals surface area contributed by atoms with E-state index in [1.807, 2.05) is 30.1 Å². The lowest BCUT2D eigenvalue weighted by molar-refractivity contribution is -0.140. The fraction of sp³-hybridized carbons (Fsp3) is 0.667. The smallest absolute Gasteiger partial charge is 0.243 e. The first-order valence-corrected chi connectivity index (χ1v) is 8.11. The highest BCUT2D eigenvalue weighted by atomic mass is 32.1. The van der Waals surface area contributed by atoms with Crippen LogP contribution >= 0.6 is 11.3 Å². The molecule has 3 nitrogen and oxygen atoms in total. The Hall–Kier alpha value is -0.870. The minimum absolute atomic E-state index is 0.126. The van der Waals surface area contributed by atoms with Crippen molar-refractivity contribution in [3.05, 3.63) is 21.9 Å². The largest absolute Gasteiger partial charge is 0.334 e. The highest BCUT2D eigenvalue weighted by Crippen LogP contribution is 2.36. The molecule has 106 valence electrons. The summed E-state index contributed by atoms with van der Waals surface area (Å²) in [7, 11) is 0. The maximum atomic E-state index is 12.8. The van der Waals surface area contributed by atoms with Gasteiger partial charge in [0.15, 0.2) is 0 Å². The molecule has 1 amide bonds. The van der Waals surface area contributed by atoms with Crippen LogP contribution in [0.3, 0.4) is 0 Å². The molecule has 0 bridgehead atoms. The van der Waals surface area contributed by atoms with Crippen LogP contribution < -0.4 is 5.73 Å². The topological polar surface area (TPSA) is 46.3 Å². The van der Waals surface area contributed by atoms with Gasteiger partial charge in [0.05, 0.1) is 11.6 Å². The second kappa shape index (κ2) is 5.63. The Labute approximate surface area is 119 Å². The molecule has 2 N–H and O–H groups in total. The molecule has 0 spiro atoms. The quantitative estimate of drug-likeness (QED) is 0.921. The maximum Gasteiger partial charge on any atom is 0.243 e. The highest BCUT2D eigenvalue weighted by Gasteiger charge is 2.39. The molecule has 19 heavy (non-hydrogen) atoms. The number of fused-ring (bicyclic) bond motifs is 1. The number of thiophene rings is 1. The SMILES string of the molecule is CCC1c2ccsc2CCN1C(=O)C(N)(CC)CC. The molecule has 4 heteroatoms. The summed E-state index contributed by atoms with van der Waals surface area (Å²) in [6.45, 7) is 6.96. The number of hydrogen-bond acceptors (Lipinski definition) is 3. The Morgan fingerprint density at radius 1 is 1.47 bits per heavy atom. The van der Waals surface area contributed by atoms with Crippen molar-refractivity contribution in [1.29, 1.82) is 0 Å². The van der Waals surface area contributed by atoms with Crippen molar-refractivity contribution < 1.29 is 4.79 Å². The third-order valence-electron chi connectivity index (χ3n) is 4.43. The maximum absolute atomic E-state index is 12.8. The zero-order chi connectivity index (χ0) is 14.0. The number of carbonyl (C=O) groups excluding carboxylic acids is 1. The molecule has 0 aromatic carbocycles. The van der Waals surface area contributed by atoms with Crippen molar-refractivity contribution in [2.24, 2.45) is 5.73 Å². The summed E-state index contributed by atoms with van der Waals surface area (Å²) in [5, 5.41) is 2.14. The van der Waals surface area contributed by atoms with Crippen LogP contribution in [-0.4, -0.2) is 22.9 Å². The van der Waals surface area contributed by atoms with Gasteiger partial charge in [0.25, 0.3) is 0 Å². The van der Waals surface area contributed by atoms with E-state index in [4.69, 9.17) is 5.73 Å². The van der Waals surface area contributed by atoms with Gasteiger partial charge in [0.2, 0.25) is 5.91 Å². The van der Waals surface area contributed by atoms with E-state index in [2.05, 4.69) is 18.4 Å². The van der Waals surface area contributed by atoms with Crippen molar-refractivity contribution >= 4 is 17.2 Å². The van der Waals surface area contributed by atoms with Crippen LogP contribution in [-0.2, 0) is 11.2 Å². The average Bonchev–Trinajstić information content (AvgIpc) is 2.92. The van der Waals surface area contributed by atoms with Crippen molar-refractivity contribution in [2.45, 2.75) is 58.0 Å². The van der Waals surface area contributed by atoms with Crippen molar-refractivity contribution in [1.82, 2.24) is 4.90 Å². The van der Waals surface area contributed by atoms with E-state index < -0.39 is 5.54 Å². The summed E-state index contributed by atoms with van der Waals surface area (Å²) in [4.78, 5) is 16.2. The molecular formula is C15H24N2OS. The first-order valence-electron chi connectivity index (χ1n) is 7.23. The highest BCUT2D eigenvalue weighted by molar-refractivity contribution is 7.10.